The van der Waals surface area contributed by atoms with Gasteiger partial charge >= 0.3 is 0 Å². The molecule has 0 fully saturated rings. The Labute approximate surface area is 143 Å². The molecule has 0 aliphatic rings. The molecule has 4 heteroatoms. The molecule has 0 bridgehead atoms. The fraction of sp³-hybridized carbons (Fsp3) is 0.300. The van der Waals surface area contributed by atoms with Crippen molar-refractivity contribution in [3.8, 4) is 6.07 Å². The molecular formula is C20H24N3O+. The average Bonchev–Trinajstić information content (AvgIpc) is 2.64. The van der Waals surface area contributed by atoms with Crippen LogP contribution in [0.3, 0.4) is 0 Å². The Bertz CT molecular complexity index is 730. The molecule has 0 aliphatic heterocycles. The third-order valence-electron chi connectivity index (χ3n) is 4.25. The highest BCUT2D eigenvalue weighted by Gasteiger charge is 2.11. The summed E-state index contributed by atoms with van der Waals surface area (Å²) in [5.74, 6) is -0.155. The molecule has 0 aliphatic carbocycles. The second kappa shape index (κ2) is 8.85. The van der Waals surface area contributed by atoms with Crippen LogP contribution in [0.15, 0.2) is 48.5 Å². The summed E-state index contributed by atoms with van der Waals surface area (Å²) in [4.78, 5) is 13.8. The molecule has 2 aromatic carbocycles. The number of quaternary nitrogens is 1. The van der Waals surface area contributed by atoms with Gasteiger partial charge in [0.2, 0.25) is 0 Å². The maximum atomic E-state index is 12.3. The number of carbonyl (C=O) groups excluding carboxylic acids is 1. The van der Waals surface area contributed by atoms with Gasteiger partial charge in [0.05, 0.1) is 24.7 Å². The maximum Gasteiger partial charge on any atom is 0.251 e. The molecule has 0 atom stereocenters. The normalized spacial score (nSPS) is 10.4. The van der Waals surface area contributed by atoms with Crippen LogP contribution in [0.4, 0.5) is 0 Å². The molecule has 0 unspecified atom stereocenters. The Hall–Kier alpha value is -2.64. The predicted molar refractivity (Wildman–Crippen MR) is 94.5 cm³/mol. The molecule has 2 N–H and O–H groups in total. The minimum absolute atomic E-state index is 0.155. The van der Waals surface area contributed by atoms with E-state index in [2.05, 4.69) is 37.4 Å². The quantitative estimate of drug-likeness (QED) is 0.818. The van der Waals surface area contributed by atoms with Crippen LogP contribution in [0.1, 0.15) is 40.9 Å². The fourth-order valence-corrected chi connectivity index (χ4v) is 2.68. The molecule has 124 valence electrons. The van der Waals surface area contributed by atoms with Gasteiger partial charge in [0.25, 0.3) is 5.91 Å². The van der Waals surface area contributed by atoms with Gasteiger partial charge in [0.1, 0.15) is 6.54 Å². The third kappa shape index (κ3) is 4.68. The van der Waals surface area contributed by atoms with E-state index in [-0.39, 0.29) is 5.91 Å². The van der Waals surface area contributed by atoms with E-state index in [9.17, 15) is 4.79 Å². The topological polar surface area (TPSA) is 57.3 Å². The van der Waals surface area contributed by atoms with Gasteiger partial charge < -0.3 is 10.2 Å². The highest BCUT2D eigenvalue weighted by molar-refractivity contribution is 5.94. The number of hydrogen-bond acceptors (Lipinski definition) is 2. The monoisotopic (exact) mass is 322 g/mol. The summed E-state index contributed by atoms with van der Waals surface area (Å²) in [6.07, 6.45) is 0. The van der Waals surface area contributed by atoms with Gasteiger partial charge in [-0.15, -0.1) is 0 Å². The van der Waals surface area contributed by atoms with Crippen LogP contribution >= 0.6 is 0 Å². The second-order valence-electron chi connectivity index (χ2n) is 5.78. The molecule has 0 saturated carbocycles. The maximum absolute atomic E-state index is 12.3. The molecule has 24 heavy (non-hydrogen) atoms. The Morgan fingerprint density at radius 3 is 2.46 bits per heavy atom. The van der Waals surface area contributed by atoms with Gasteiger partial charge in [-0.05, 0) is 37.6 Å². The second-order valence-corrected chi connectivity index (χ2v) is 5.78. The molecule has 0 spiro atoms. The van der Waals surface area contributed by atoms with E-state index in [0.29, 0.717) is 17.7 Å². The van der Waals surface area contributed by atoms with Crippen LogP contribution in [0.5, 0.6) is 0 Å². The van der Waals surface area contributed by atoms with Gasteiger partial charge in [-0.1, -0.05) is 30.3 Å². The zero-order valence-electron chi connectivity index (χ0n) is 14.3. The van der Waals surface area contributed by atoms with Gasteiger partial charge in [0.15, 0.2) is 0 Å². The number of rotatable bonds is 7. The molecule has 0 saturated heterocycles. The zero-order valence-corrected chi connectivity index (χ0v) is 14.3. The van der Waals surface area contributed by atoms with Crippen LogP contribution in [-0.2, 0) is 13.1 Å². The average molecular weight is 322 g/mol. The lowest BCUT2D eigenvalue weighted by Crippen LogP contribution is -3.10. The first-order valence-electron chi connectivity index (χ1n) is 8.36. The van der Waals surface area contributed by atoms with Crippen molar-refractivity contribution in [1.82, 2.24) is 5.32 Å². The summed E-state index contributed by atoms with van der Waals surface area (Å²) in [6, 6.07) is 17.0. The smallest absolute Gasteiger partial charge is 0.251 e. The minimum atomic E-state index is -0.155. The number of nitriles is 1. The first-order valence-corrected chi connectivity index (χ1v) is 8.36. The van der Waals surface area contributed by atoms with E-state index in [0.717, 1.165) is 25.2 Å². The van der Waals surface area contributed by atoms with Crippen molar-refractivity contribution in [2.75, 3.05) is 13.1 Å². The van der Waals surface area contributed by atoms with Gasteiger partial charge in [-0.25, -0.2) is 0 Å². The first kappa shape index (κ1) is 17.7. The van der Waals surface area contributed by atoms with Gasteiger partial charge in [0, 0.05) is 17.7 Å². The SMILES string of the molecule is CC[NH+](CC)Cc1ccccc1CNC(=O)c1cccc(C#N)c1. The molecule has 2 rings (SSSR count). The van der Waals surface area contributed by atoms with Crippen molar-refractivity contribution in [2.24, 2.45) is 0 Å². The summed E-state index contributed by atoms with van der Waals surface area (Å²) in [5.41, 5.74) is 3.41. The number of amides is 1. The molecule has 0 heterocycles. The third-order valence-corrected chi connectivity index (χ3v) is 4.25. The van der Waals surface area contributed by atoms with Crippen molar-refractivity contribution >= 4 is 5.91 Å². The molecule has 2 aromatic rings. The van der Waals surface area contributed by atoms with Crippen molar-refractivity contribution in [3.63, 3.8) is 0 Å². The lowest BCUT2D eigenvalue weighted by Gasteiger charge is -2.18. The summed E-state index contributed by atoms with van der Waals surface area (Å²) in [5, 5.41) is 11.9. The van der Waals surface area contributed by atoms with Crippen LogP contribution in [0.25, 0.3) is 0 Å². The van der Waals surface area contributed by atoms with E-state index < -0.39 is 0 Å². The number of carbonyl (C=O) groups is 1. The summed E-state index contributed by atoms with van der Waals surface area (Å²) >= 11 is 0. The van der Waals surface area contributed by atoms with Crippen molar-refractivity contribution in [1.29, 1.82) is 5.26 Å². The molecule has 0 radical (unpaired) electrons. The van der Waals surface area contributed by atoms with E-state index >= 15 is 0 Å². The summed E-state index contributed by atoms with van der Waals surface area (Å²) < 4.78 is 0. The number of nitrogens with one attached hydrogen (secondary N) is 2. The van der Waals surface area contributed by atoms with E-state index in [1.807, 2.05) is 12.1 Å². The minimum Gasteiger partial charge on any atom is -0.348 e. The van der Waals surface area contributed by atoms with Gasteiger partial charge in [-0.2, -0.15) is 5.26 Å². The largest absolute Gasteiger partial charge is 0.348 e. The Balaban J connectivity index is 2.06. The lowest BCUT2D eigenvalue weighted by molar-refractivity contribution is -0.910. The highest BCUT2D eigenvalue weighted by Crippen LogP contribution is 2.09. The van der Waals surface area contributed by atoms with Gasteiger partial charge in [-0.3, -0.25) is 4.79 Å². The number of nitrogens with zero attached hydrogens (tertiary/aromatic N) is 1. The molecular weight excluding hydrogens is 298 g/mol. The first-order chi connectivity index (χ1) is 11.7. The van der Waals surface area contributed by atoms with Crippen molar-refractivity contribution in [2.45, 2.75) is 26.9 Å². The lowest BCUT2D eigenvalue weighted by atomic mass is 10.1. The summed E-state index contributed by atoms with van der Waals surface area (Å²) in [6.45, 7) is 7.99. The Kier molecular flexibility index (Phi) is 6.53. The van der Waals surface area contributed by atoms with Crippen LogP contribution in [0, 0.1) is 11.3 Å². The predicted octanol–water partition coefficient (Wildman–Crippen LogP) is 1.91. The summed E-state index contributed by atoms with van der Waals surface area (Å²) in [7, 11) is 0. The van der Waals surface area contributed by atoms with E-state index in [4.69, 9.17) is 5.26 Å². The Morgan fingerprint density at radius 2 is 1.79 bits per heavy atom. The van der Waals surface area contributed by atoms with Crippen LogP contribution < -0.4 is 10.2 Å². The number of benzene rings is 2. The number of hydrogen-bond donors (Lipinski definition) is 2. The zero-order chi connectivity index (χ0) is 17.4. The highest BCUT2D eigenvalue weighted by atomic mass is 16.1. The molecule has 1 amide bonds. The van der Waals surface area contributed by atoms with E-state index in [1.54, 1.807) is 24.3 Å². The molecule has 0 aromatic heterocycles. The standard InChI is InChI=1S/C20H23N3O/c1-3-23(4-2)15-19-10-6-5-9-18(19)14-22-20(24)17-11-7-8-16(12-17)13-21/h5-12H,3-4,14-15H2,1-2H3,(H,22,24)/p+1. The van der Waals surface area contributed by atoms with E-state index in [1.165, 1.54) is 10.5 Å². The fourth-order valence-electron chi connectivity index (χ4n) is 2.68. The van der Waals surface area contributed by atoms with Crippen molar-refractivity contribution < 1.29 is 9.69 Å². The Morgan fingerprint density at radius 1 is 1.08 bits per heavy atom. The van der Waals surface area contributed by atoms with Crippen molar-refractivity contribution in [3.05, 3.63) is 70.8 Å². The molecule has 4 nitrogen and oxygen atoms in total. The van der Waals surface area contributed by atoms with Crippen LogP contribution in [-0.4, -0.2) is 19.0 Å². The van der Waals surface area contributed by atoms with Crippen LogP contribution in [0.2, 0.25) is 0 Å².